The number of fused-ring (bicyclic) bond motifs is 1. The summed E-state index contributed by atoms with van der Waals surface area (Å²) in [4.78, 5) is 17.8. The van der Waals surface area contributed by atoms with Crippen molar-refractivity contribution in [3.05, 3.63) is 35.9 Å². The predicted octanol–water partition coefficient (Wildman–Crippen LogP) is 2.27. The van der Waals surface area contributed by atoms with Gasteiger partial charge in [0, 0.05) is 38.1 Å². The molecule has 2 unspecified atom stereocenters. The van der Waals surface area contributed by atoms with Crippen molar-refractivity contribution >= 4 is 5.91 Å². The zero-order chi connectivity index (χ0) is 18.9. The number of nitrogens with zero attached hydrogens (tertiary/aromatic N) is 2. The van der Waals surface area contributed by atoms with Crippen LogP contribution in [0.4, 0.5) is 0 Å². The number of amides is 1. The maximum Gasteiger partial charge on any atom is 0.222 e. The van der Waals surface area contributed by atoms with E-state index in [1.807, 2.05) is 0 Å². The van der Waals surface area contributed by atoms with Gasteiger partial charge in [-0.3, -0.25) is 14.6 Å². The van der Waals surface area contributed by atoms with E-state index >= 15 is 0 Å². The minimum absolute atomic E-state index is 0.188. The lowest BCUT2D eigenvalue weighted by Gasteiger charge is -2.44. The molecule has 0 aromatic heterocycles. The molecule has 1 amide bonds. The summed E-state index contributed by atoms with van der Waals surface area (Å²) in [6.07, 6.45) is 7.08. The van der Waals surface area contributed by atoms with E-state index in [-0.39, 0.29) is 12.1 Å². The van der Waals surface area contributed by atoms with Crippen molar-refractivity contribution in [2.45, 2.75) is 56.8 Å². The number of benzene rings is 1. The van der Waals surface area contributed by atoms with Crippen molar-refractivity contribution in [1.29, 1.82) is 0 Å². The Morgan fingerprint density at radius 2 is 1.93 bits per heavy atom. The summed E-state index contributed by atoms with van der Waals surface area (Å²) < 4.78 is 5.53. The molecule has 0 spiro atoms. The van der Waals surface area contributed by atoms with Crippen molar-refractivity contribution in [1.82, 2.24) is 15.1 Å². The van der Waals surface area contributed by atoms with E-state index in [2.05, 4.69) is 45.4 Å². The Labute approximate surface area is 168 Å². The highest BCUT2D eigenvalue weighted by Gasteiger charge is 2.47. The van der Waals surface area contributed by atoms with Gasteiger partial charge in [0.1, 0.15) is 0 Å². The lowest BCUT2D eigenvalue weighted by Crippen LogP contribution is -2.60. The van der Waals surface area contributed by atoms with Crippen LogP contribution in [0.15, 0.2) is 30.3 Å². The van der Waals surface area contributed by atoms with E-state index in [0.717, 1.165) is 57.5 Å². The fraction of sp³-hybridized carbons (Fsp3) is 0.696. The largest absolute Gasteiger partial charge is 0.379 e. The topological polar surface area (TPSA) is 44.8 Å². The molecule has 1 aromatic rings. The lowest BCUT2D eigenvalue weighted by atomic mass is 9.89. The molecule has 4 fully saturated rings. The summed E-state index contributed by atoms with van der Waals surface area (Å²) in [5.41, 5.74) is 1.43. The molecule has 28 heavy (non-hydrogen) atoms. The summed E-state index contributed by atoms with van der Waals surface area (Å²) in [6.45, 7) is 4.68. The second kappa shape index (κ2) is 8.13. The third kappa shape index (κ3) is 3.72. The zero-order valence-corrected chi connectivity index (χ0v) is 16.8. The number of hydrogen-bond donors (Lipinski definition) is 1. The van der Waals surface area contributed by atoms with Gasteiger partial charge < -0.3 is 10.1 Å². The fourth-order valence-corrected chi connectivity index (χ4v) is 6.23. The first-order valence-electron chi connectivity index (χ1n) is 11.2. The van der Waals surface area contributed by atoms with E-state index in [1.165, 1.54) is 24.8 Å². The number of morpholine rings is 1. The van der Waals surface area contributed by atoms with E-state index in [1.54, 1.807) is 0 Å². The predicted molar refractivity (Wildman–Crippen MR) is 109 cm³/mol. The van der Waals surface area contributed by atoms with Crippen molar-refractivity contribution in [2.75, 3.05) is 32.8 Å². The zero-order valence-electron chi connectivity index (χ0n) is 16.8. The van der Waals surface area contributed by atoms with Crippen LogP contribution in [0.1, 0.15) is 37.7 Å². The Bertz CT molecular complexity index is 676. The van der Waals surface area contributed by atoms with Gasteiger partial charge in [-0.1, -0.05) is 36.8 Å². The SMILES string of the molecule is O=C1CC(N2CCOCC2)CC(N2C[C@H]3CCC[C@H]3[C@@H]2Cc2ccccc2)N1. The summed E-state index contributed by atoms with van der Waals surface area (Å²) in [5, 5.41) is 3.36. The van der Waals surface area contributed by atoms with E-state index in [4.69, 9.17) is 4.74 Å². The van der Waals surface area contributed by atoms with Gasteiger partial charge >= 0.3 is 0 Å². The van der Waals surface area contributed by atoms with Crippen LogP contribution in [0.5, 0.6) is 0 Å². The maximum atomic E-state index is 12.6. The monoisotopic (exact) mass is 383 g/mol. The van der Waals surface area contributed by atoms with Gasteiger partial charge in [-0.25, -0.2) is 0 Å². The third-order valence-corrected chi connectivity index (χ3v) is 7.58. The van der Waals surface area contributed by atoms with E-state index < -0.39 is 0 Å². The average Bonchev–Trinajstić information content (AvgIpc) is 3.32. The summed E-state index contributed by atoms with van der Waals surface area (Å²) in [7, 11) is 0. The van der Waals surface area contributed by atoms with Crippen LogP contribution in [-0.2, 0) is 16.0 Å². The third-order valence-electron chi connectivity index (χ3n) is 7.58. The van der Waals surface area contributed by atoms with Crippen molar-refractivity contribution in [3.8, 4) is 0 Å². The van der Waals surface area contributed by atoms with E-state index in [0.29, 0.717) is 18.5 Å². The maximum absolute atomic E-state index is 12.6. The molecule has 1 N–H and O–H groups in total. The Morgan fingerprint density at radius 3 is 2.75 bits per heavy atom. The number of carbonyl (C=O) groups is 1. The number of rotatable bonds is 4. The first kappa shape index (κ1) is 18.6. The molecule has 3 heterocycles. The minimum Gasteiger partial charge on any atom is -0.379 e. The van der Waals surface area contributed by atoms with Gasteiger partial charge in [0.2, 0.25) is 5.91 Å². The van der Waals surface area contributed by atoms with Crippen molar-refractivity contribution in [3.63, 3.8) is 0 Å². The Kier molecular flexibility index (Phi) is 5.40. The van der Waals surface area contributed by atoms with Crippen molar-refractivity contribution in [2.24, 2.45) is 11.8 Å². The van der Waals surface area contributed by atoms with Gasteiger partial charge in [0.05, 0.1) is 19.4 Å². The number of carbonyl (C=O) groups excluding carboxylic acids is 1. The molecule has 0 bridgehead atoms. The average molecular weight is 384 g/mol. The van der Waals surface area contributed by atoms with Crippen molar-refractivity contribution < 1.29 is 9.53 Å². The Hall–Kier alpha value is -1.43. The smallest absolute Gasteiger partial charge is 0.222 e. The molecule has 5 heteroatoms. The number of hydrogen-bond acceptors (Lipinski definition) is 4. The normalized spacial score (nSPS) is 37.0. The number of likely N-dealkylation sites (tertiary alicyclic amines) is 1. The van der Waals surface area contributed by atoms with Crippen LogP contribution in [0, 0.1) is 11.8 Å². The van der Waals surface area contributed by atoms with Gasteiger partial charge in [0.15, 0.2) is 0 Å². The standard InChI is InChI=1S/C23H33N3O2/c27-23-15-19(25-9-11-28-12-10-25)14-22(24-23)26-16-18-7-4-8-20(18)21(26)13-17-5-2-1-3-6-17/h1-3,5-6,18-22H,4,7-16H2,(H,24,27)/t18-,19?,20-,21+,22?/m1/s1. The fourth-order valence-electron chi connectivity index (χ4n) is 6.23. The molecule has 1 aromatic carbocycles. The second-order valence-corrected chi connectivity index (χ2v) is 9.13. The quantitative estimate of drug-likeness (QED) is 0.866. The number of ether oxygens (including phenoxy) is 1. The summed E-state index contributed by atoms with van der Waals surface area (Å²) in [5.74, 6) is 1.83. The van der Waals surface area contributed by atoms with Crippen LogP contribution in [0.2, 0.25) is 0 Å². The highest BCUT2D eigenvalue weighted by molar-refractivity contribution is 5.77. The first-order valence-corrected chi connectivity index (χ1v) is 11.2. The molecule has 1 aliphatic carbocycles. The molecule has 4 aliphatic rings. The first-order chi connectivity index (χ1) is 13.8. The number of piperidine rings is 1. The minimum atomic E-state index is 0.188. The van der Waals surface area contributed by atoms with Crippen LogP contribution in [0.3, 0.4) is 0 Å². The molecule has 152 valence electrons. The highest BCUT2D eigenvalue weighted by atomic mass is 16.5. The molecule has 1 saturated carbocycles. The van der Waals surface area contributed by atoms with Gasteiger partial charge in [-0.05, 0) is 43.1 Å². The van der Waals surface area contributed by atoms with Gasteiger partial charge in [-0.15, -0.1) is 0 Å². The molecule has 5 rings (SSSR count). The molecular formula is C23H33N3O2. The molecule has 5 atom stereocenters. The van der Waals surface area contributed by atoms with Crippen LogP contribution < -0.4 is 5.32 Å². The van der Waals surface area contributed by atoms with E-state index in [9.17, 15) is 4.79 Å². The molecule has 3 aliphatic heterocycles. The molecular weight excluding hydrogens is 350 g/mol. The summed E-state index contributed by atoms with van der Waals surface area (Å²) in [6, 6.07) is 11.8. The molecule has 3 saturated heterocycles. The molecule has 0 radical (unpaired) electrons. The number of nitrogens with one attached hydrogen (secondary N) is 1. The second-order valence-electron chi connectivity index (χ2n) is 9.13. The van der Waals surface area contributed by atoms with Gasteiger partial charge in [0.25, 0.3) is 0 Å². The summed E-state index contributed by atoms with van der Waals surface area (Å²) >= 11 is 0. The molecule has 5 nitrogen and oxygen atoms in total. The van der Waals surface area contributed by atoms with Crippen LogP contribution >= 0.6 is 0 Å². The lowest BCUT2D eigenvalue weighted by molar-refractivity contribution is -0.129. The van der Waals surface area contributed by atoms with Crippen LogP contribution in [-0.4, -0.2) is 66.8 Å². The van der Waals surface area contributed by atoms with Crippen LogP contribution in [0.25, 0.3) is 0 Å². The highest BCUT2D eigenvalue weighted by Crippen LogP contribution is 2.44. The Morgan fingerprint density at radius 1 is 1.11 bits per heavy atom. The van der Waals surface area contributed by atoms with Gasteiger partial charge in [-0.2, -0.15) is 0 Å². The Balaban J connectivity index is 1.34.